The van der Waals surface area contributed by atoms with Crippen molar-refractivity contribution in [2.24, 2.45) is 0 Å². The molecule has 28 heavy (non-hydrogen) atoms. The molecule has 1 aromatic carbocycles. The maximum atomic E-state index is 15.3. The van der Waals surface area contributed by atoms with Crippen molar-refractivity contribution in [3.63, 3.8) is 0 Å². The minimum Gasteiger partial charge on any atom is -0.393 e. The van der Waals surface area contributed by atoms with E-state index in [4.69, 9.17) is 0 Å². The molecule has 0 saturated heterocycles. The monoisotopic (exact) mass is 392 g/mol. The van der Waals surface area contributed by atoms with Gasteiger partial charge in [0.15, 0.2) is 5.70 Å². The molecule has 2 aromatic rings. The van der Waals surface area contributed by atoms with E-state index in [2.05, 4.69) is 31.1 Å². The summed E-state index contributed by atoms with van der Waals surface area (Å²) in [5, 5.41) is 0. The van der Waals surface area contributed by atoms with Gasteiger partial charge in [-0.25, -0.2) is 0 Å². The number of aryl methyl sites for hydroxylation is 1. The number of rotatable bonds is 1. The largest absolute Gasteiger partial charge is 0.737 e. The van der Waals surface area contributed by atoms with Gasteiger partial charge in [-0.15, -0.1) is 5.54 Å². The van der Waals surface area contributed by atoms with Gasteiger partial charge in [0.2, 0.25) is 0 Å². The predicted octanol–water partition coefficient (Wildman–Crippen LogP) is 5.06. The highest BCUT2D eigenvalue weighted by Gasteiger charge is 2.53. The summed E-state index contributed by atoms with van der Waals surface area (Å²) in [4.78, 5) is 0. The van der Waals surface area contributed by atoms with E-state index in [0.29, 0.717) is 22.8 Å². The lowest BCUT2D eigenvalue weighted by Gasteiger charge is -2.32. The van der Waals surface area contributed by atoms with Crippen LogP contribution in [0, 0.1) is 18.4 Å². The Morgan fingerprint density at radius 2 is 1.64 bits per heavy atom. The van der Waals surface area contributed by atoms with Crippen molar-refractivity contribution in [3.05, 3.63) is 76.8 Å². The summed E-state index contributed by atoms with van der Waals surface area (Å²) in [5.41, 5.74) is 8.32. The van der Waals surface area contributed by atoms with Crippen molar-refractivity contribution in [1.29, 1.82) is 0 Å². The molecule has 0 fully saturated rings. The smallest absolute Gasteiger partial charge is 0.393 e. The van der Waals surface area contributed by atoms with Crippen LogP contribution in [0.3, 0.4) is 0 Å². The van der Waals surface area contributed by atoms with Gasteiger partial charge in [-0.3, -0.25) is 0 Å². The summed E-state index contributed by atoms with van der Waals surface area (Å²) >= 11 is 0. The molecule has 0 unspecified atom stereocenters. The number of nitrogens with zero attached hydrogens (tertiary/aromatic N) is 2. The molecule has 0 bridgehead atoms. The van der Waals surface area contributed by atoms with Crippen molar-refractivity contribution < 1.29 is 13.1 Å². The van der Waals surface area contributed by atoms with E-state index in [1.807, 2.05) is 24.3 Å². The van der Waals surface area contributed by atoms with E-state index in [0.717, 1.165) is 16.7 Å². The quantitative estimate of drug-likeness (QED) is 0.473. The van der Waals surface area contributed by atoms with Gasteiger partial charge in [0.25, 0.3) is 0 Å². The molecule has 0 amide bonds. The number of benzene rings is 1. The summed E-state index contributed by atoms with van der Waals surface area (Å²) in [5.74, 6) is 3.25. The third-order valence-electron chi connectivity index (χ3n) is 5.13. The second kappa shape index (κ2) is 6.18. The number of hydrogen-bond acceptors (Lipinski definition) is 0. The molecule has 142 valence electrons. The number of allylic oxidation sites excluding steroid dienone is 2. The molecule has 0 N–H and O–H groups in total. The molecule has 4 rings (SSSR count). The van der Waals surface area contributed by atoms with Crippen LogP contribution in [0.1, 0.15) is 29.4 Å². The maximum absolute atomic E-state index is 15.3. The van der Waals surface area contributed by atoms with E-state index in [-0.39, 0.29) is 0 Å². The lowest BCUT2D eigenvalue weighted by molar-refractivity contribution is -0.362. The highest BCUT2D eigenvalue weighted by Crippen LogP contribution is 2.40. The molecule has 0 saturated carbocycles. The zero-order valence-corrected chi connectivity index (χ0v) is 17.8. The molecule has 6 heteroatoms. The SMILES string of the molecule is CC1=[N+]2C(=C(c3ccc(C#C[Si](C)(C)C)cc3)c3ccc(C)n3[B-]2(F)F)C=C1. The minimum atomic E-state index is -3.90. The van der Waals surface area contributed by atoms with Crippen molar-refractivity contribution in [2.75, 3.05) is 0 Å². The molecule has 0 aliphatic carbocycles. The molecular formula is C22H23BF2N2Si. The zero-order valence-electron chi connectivity index (χ0n) is 16.8. The number of hydrogen-bond donors (Lipinski definition) is 0. The van der Waals surface area contributed by atoms with Gasteiger partial charge in [-0.2, -0.15) is 0 Å². The fraction of sp³-hybridized carbons (Fsp3) is 0.227. The lowest BCUT2D eigenvalue weighted by atomic mass is 9.85. The van der Waals surface area contributed by atoms with Gasteiger partial charge in [-0.05, 0) is 42.4 Å². The zero-order chi connectivity index (χ0) is 20.3. The van der Waals surface area contributed by atoms with Gasteiger partial charge in [-0.1, -0.05) is 37.7 Å². The van der Waals surface area contributed by atoms with Crippen LogP contribution in [0.15, 0.2) is 54.2 Å². The second-order valence-electron chi connectivity index (χ2n) is 8.50. The number of aromatic nitrogens is 1. The molecule has 1 aromatic heterocycles. The summed E-state index contributed by atoms with van der Waals surface area (Å²) in [6.45, 7) is 6.19. The Hall–Kier alpha value is -2.65. The second-order valence-corrected chi connectivity index (χ2v) is 13.3. The van der Waals surface area contributed by atoms with Crippen molar-refractivity contribution in [1.82, 2.24) is 4.48 Å². The van der Waals surface area contributed by atoms with Gasteiger partial charge in [0.05, 0.1) is 5.57 Å². The average molecular weight is 392 g/mol. The number of fused-ring (bicyclic) bond motifs is 2. The first kappa shape index (κ1) is 18.7. The maximum Gasteiger partial charge on any atom is 0.737 e. The first-order chi connectivity index (χ1) is 13.1. The van der Waals surface area contributed by atoms with Gasteiger partial charge < -0.3 is 17.6 Å². The van der Waals surface area contributed by atoms with Gasteiger partial charge >= 0.3 is 6.97 Å². The Morgan fingerprint density at radius 1 is 0.964 bits per heavy atom. The minimum absolute atomic E-state index is 0.564. The predicted molar refractivity (Wildman–Crippen MR) is 115 cm³/mol. The Balaban J connectivity index is 1.88. The van der Waals surface area contributed by atoms with E-state index in [1.165, 1.54) is 8.96 Å². The Bertz CT molecular complexity index is 1130. The van der Waals surface area contributed by atoms with Gasteiger partial charge in [0.1, 0.15) is 13.8 Å². The summed E-state index contributed by atoms with van der Waals surface area (Å²) in [6.07, 6.45) is 3.56. The van der Waals surface area contributed by atoms with E-state index < -0.39 is 15.0 Å². The third-order valence-corrected chi connectivity index (χ3v) is 6.01. The lowest BCUT2D eigenvalue weighted by Crippen LogP contribution is -2.51. The van der Waals surface area contributed by atoms with E-state index in [9.17, 15) is 0 Å². The van der Waals surface area contributed by atoms with E-state index in [1.54, 1.807) is 38.1 Å². The van der Waals surface area contributed by atoms with Crippen LogP contribution in [0.2, 0.25) is 19.6 Å². The van der Waals surface area contributed by atoms with Crippen LogP contribution in [-0.4, -0.2) is 29.7 Å². The fourth-order valence-electron chi connectivity index (χ4n) is 3.85. The molecule has 2 aliphatic rings. The highest BCUT2D eigenvalue weighted by molar-refractivity contribution is 6.83. The van der Waals surface area contributed by atoms with Crippen LogP contribution in [0.5, 0.6) is 0 Å². The normalized spacial score (nSPS) is 17.4. The fourth-order valence-corrected chi connectivity index (χ4v) is 4.37. The van der Waals surface area contributed by atoms with Gasteiger partial charge in [0, 0.05) is 30.3 Å². The topological polar surface area (TPSA) is 7.94 Å². The Kier molecular flexibility index (Phi) is 4.13. The highest BCUT2D eigenvalue weighted by atomic mass is 28.3. The molecule has 0 atom stereocenters. The Morgan fingerprint density at radius 3 is 2.29 bits per heavy atom. The summed E-state index contributed by atoms with van der Waals surface area (Å²) in [6, 6.07) is 11.5. The van der Waals surface area contributed by atoms with Crippen LogP contribution in [0.4, 0.5) is 8.63 Å². The first-order valence-electron chi connectivity index (χ1n) is 9.49. The molecule has 0 spiro atoms. The van der Waals surface area contributed by atoms with Crippen molar-refractivity contribution >= 4 is 26.3 Å². The van der Waals surface area contributed by atoms with Crippen LogP contribution in [0.25, 0.3) is 5.57 Å². The van der Waals surface area contributed by atoms with Crippen LogP contribution >= 0.6 is 0 Å². The van der Waals surface area contributed by atoms with Crippen molar-refractivity contribution in [2.45, 2.75) is 33.5 Å². The molecule has 2 nitrogen and oxygen atoms in total. The average Bonchev–Trinajstić information content (AvgIpc) is 3.18. The standard InChI is InChI=1S/C22H23BF2N2Si/c1-16-6-12-20-22(19-10-8-18(9-11-19)14-15-28(3,4)5)21-13-7-17(2)27(21)23(24,25)26(16)20/h6-13H,1-5H3. The van der Waals surface area contributed by atoms with Crippen LogP contribution in [-0.2, 0) is 0 Å². The van der Waals surface area contributed by atoms with Crippen LogP contribution < -0.4 is 0 Å². The molecule has 3 heterocycles. The molecular weight excluding hydrogens is 369 g/mol. The van der Waals surface area contributed by atoms with E-state index >= 15 is 8.63 Å². The third kappa shape index (κ3) is 2.91. The molecule has 0 radical (unpaired) electrons. The summed E-state index contributed by atoms with van der Waals surface area (Å²) < 4.78 is 33.0. The number of halogens is 2. The first-order valence-corrected chi connectivity index (χ1v) is 13.0. The summed E-state index contributed by atoms with van der Waals surface area (Å²) in [7, 11) is -1.45. The van der Waals surface area contributed by atoms with Crippen molar-refractivity contribution in [3.8, 4) is 11.5 Å². The Labute approximate surface area is 166 Å². The molecule has 2 aliphatic heterocycles.